The molecule has 1 heteroatoms. The third-order valence-corrected chi connectivity index (χ3v) is 15.7. The van der Waals surface area contributed by atoms with Gasteiger partial charge in [-0.25, -0.2) is 0 Å². The van der Waals surface area contributed by atoms with Crippen molar-refractivity contribution in [3.05, 3.63) is 263 Å². The van der Waals surface area contributed by atoms with Crippen LogP contribution in [-0.2, 0) is 10.8 Å². The van der Waals surface area contributed by atoms with Crippen molar-refractivity contribution in [2.45, 2.75) is 93.9 Å². The van der Waals surface area contributed by atoms with Crippen molar-refractivity contribution in [3.63, 3.8) is 0 Å². The maximum atomic E-state index is 5.02. The van der Waals surface area contributed by atoms with Gasteiger partial charge in [-0.05, 0) is 137 Å². The highest BCUT2D eigenvalue weighted by Gasteiger charge is 2.50. The first-order chi connectivity index (χ1) is 31.5. The molecular formula is C63H63N. The van der Waals surface area contributed by atoms with E-state index in [1.54, 1.807) is 11.1 Å². The molecule has 4 atom stereocenters. The quantitative estimate of drug-likeness (QED) is 0.116. The lowest BCUT2D eigenvalue weighted by Crippen LogP contribution is -2.40. The van der Waals surface area contributed by atoms with E-state index in [9.17, 15) is 0 Å². The zero-order valence-electron chi connectivity index (χ0n) is 37.7. The molecule has 7 aliphatic rings. The van der Waals surface area contributed by atoms with Gasteiger partial charge in [-0.15, -0.1) is 6.58 Å². The van der Waals surface area contributed by atoms with Gasteiger partial charge >= 0.3 is 0 Å². The average Bonchev–Trinajstić information content (AvgIpc) is 3.82. The summed E-state index contributed by atoms with van der Waals surface area (Å²) in [6, 6.07) is 29.5. The number of allylic oxidation sites excluding steroid dienone is 20. The Labute approximate surface area is 383 Å². The molecule has 0 amide bonds. The maximum absolute atomic E-state index is 5.02. The van der Waals surface area contributed by atoms with Gasteiger partial charge in [0.1, 0.15) is 0 Å². The smallest absolute Gasteiger partial charge is 0.0631 e. The van der Waals surface area contributed by atoms with Gasteiger partial charge in [0.2, 0.25) is 0 Å². The zero-order valence-corrected chi connectivity index (χ0v) is 37.7. The summed E-state index contributed by atoms with van der Waals surface area (Å²) < 4.78 is 0. The number of hydrogen-bond acceptors (Lipinski definition) is 1. The predicted molar refractivity (Wildman–Crippen MR) is 272 cm³/mol. The molecule has 1 saturated carbocycles. The summed E-state index contributed by atoms with van der Waals surface area (Å²) in [5, 5.41) is 0. The summed E-state index contributed by atoms with van der Waals surface area (Å²) in [4.78, 5) is 2.61. The van der Waals surface area contributed by atoms with E-state index in [2.05, 4.69) is 176 Å². The largest absolute Gasteiger partial charge is 0.338 e. The topological polar surface area (TPSA) is 3.24 Å². The van der Waals surface area contributed by atoms with Crippen LogP contribution in [0.15, 0.2) is 236 Å². The van der Waals surface area contributed by atoms with Gasteiger partial charge in [0.25, 0.3) is 0 Å². The fraction of sp³-hybridized carbons (Fsp3) is 0.270. The molecule has 1 spiro atoms. The van der Waals surface area contributed by atoms with E-state index < -0.39 is 0 Å². The van der Waals surface area contributed by atoms with E-state index in [0.717, 1.165) is 56.2 Å². The molecule has 3 aromatic carbocycles. The molecule has 0 aliphatic heterocycles. The zero-order chi connectivity index (χ0) is 43.7. The van der Waals surface area contributed by atoms with Crippen LogP contribution in [0.4, 0.5) is 0 Å². The van der Waals surface area contributed by atoms with Crippen molar-refractivity contribution >= 4 is 11.1 Å². The van der Waals surface area contributed by atoms with Crippen molar-refractivity contribution in [2.75, 3.05) is 0 Å². The van der Waals surface area contributed by atoms with Crippen molar-refractivity contribution in [2.24, 2.45) is 11.8 Å². The number of benzene rings is 3. The third kappa shape index (κ3) is 7.18. The number of fused-ring (bicyclic) bond motifs is 7. The standard InChI is InChI=1S/C63H63N/c1-5-8-9-20-40-63(50-25-12-10-13-26-50)44-49(53-28-16-18-32-58(53)63)35-34-45(4)64(61-43-46(6-2)52(7-3)54-29-14-15-31-57(54)61)51-27-23-24-47(41-51)48-36-37-56-55-30-17-19-33-59(55)62(60(56)42-48)38-21-11-22-39-62/h5-7,10,12-20,25-33,36-37,40-41,43-44,57,60-61H,1-4,8-9,11,21-24,34-35,38-39,42H2/b40-20+. The molecule has 7 aliphatic carbocycles. The number of rotatable bonds is 14. The monoisotopic (exact) mass is 833 g/mol. The highest BCUT2D eigenvalue weighted by molar-refractivity contribution is 5.82. The normalized spacial score (nSPS) is 24.9. The van der Waals surface area contributed by atoms with Crippen LogP contribution in [0, 0.1) is 11.8 Å². The van der Waals surface area contributed by atoms with Gasteiger partial charge in [0.05, 0.1) is 11.5 Å². The Morgan fingerprint density at radius 3 is 2.38 bits per heavy atom. The molecule has 64 heavy (non-hydrogen) atoms. The van der Waals surface area contributed by atoms with Gasteiger partial charge in [0.15, 0.2) is 0 Å². The van der Waals surface area contributed by atoms with E-state index in [0.29, 0.717) is 5.92 Å². The van der Waals surface area contributed by atoms with Gasteiger partial charge < -0.3 is 4.90 Å². The second-order valence-corrected chi connectivity index (χ2v) is 19.0. The van der Waals surface area contributed by atoms with E-state index in [1.165, 1.54) is 87.9 Å². The lowest BCUT2D eigenvalue weighted by atomic mass is 9.62. The Balaban J connectivity index is 1.01. The molecule has 0 radical (unpaired) electrons. The first-order valence-corrected chi connectivity index (χ1v) is 24.1. The molecule has 0 bridgehead atoms. The Kier molecular flexibility index (Phi) is 11.6. The van der Waals surface area contributed by atoms with Gasteiger partial charge in [0, 0.05) is 22.7 Å². The molecule has 320 valence electrons. The first-order valence-electron chi connectivity index (χ1n) is 24.1. The molecule has 0 heterocycles. The van der Waals surface area contributed by atoms with Crippen molar-refractivity contribution < 1.29 is 0 Å². The van der Waals surface area contributed by atoms with E-state index >= 15 is 0 Å². The molecule has 1 fully saturated rings. The Morgan fingerprint density at radius 1 is 0.797 bits per heavy atom. The lowest BCUT2D eigenvalue weighted by molar-refractivity contribution is 0.238. The van der Waals surface area contributed by atoms with E-state index in [1.807, 2.05) is 18.2 Å². The molecule has 0 aromatic heterocycles. The fourth-order valence-electron chi connectivity index (χ4n) is 12.7. The van der Waals surface area contributed by atoms with Gasteiger partial charge in [-0.2, -0.15) is 0 Å². The molecule has 3 aromatic rings. The van der Waals surface area contributed by atoms with Crippen LogP contribution >= 0.6 is 0 Å². The van der Waals surface area contributed by atoms with E-state index in [-0.39, 0.29) is 22.8 Å². The minimum absolute atomic E-state index is 0.0324. The highest BCUT2D eigenvalue weighted by atomic mass is 15.2. The molecule has 0 saturated heterocycles. The Bertz CT molecular complexity index is 2700. The van der Waals surface area contributed by atoms with Gasteiger partial charge in [-0.1, -0.05) is 203 Å². The predicted octanol–water partition coefficient (Wildman–Crippen LogP) is 16.1. The van der Waals surface area contributed by atoms with Crippen LogP contribution in [-0.4, -0.2) is 10.9 Å². The molecule has 10 rings (SSSR count). The molecule has 0 N–H and O–H groups in total. The van der Waals surface area contributed by atoms with Crippen LogP contribution in [0.1, 0.15) is 105 Å². The summed E-state index contributed by atoms with van der Waals surface area (Å²) >= 11 is 0. The summed E-state index contributed by atoms with van der Waals surface area (Å²) in [5.74, 6) is 0.702. The number of nitrogens with zero attached hydrogens (tertiary/aromatic N) is 1. The SMILES string of the molecule is C=CCC/C=C/C1(c2ccccc2)C=C(CCC(=C)N(C2=CCCC(C3=CC=C4c5ccccc5C5(CCCCC5)C4C3)=C2)C2C=C(C=C)C(C=C)=C3C=CC=CC32)c2ccccc21. The van der Waals surface area contributed by atoms with Crippen molar-refractivity contribution in [3.8, 4) is 0 Å². The minimum atomic E-state index is -0.331. The van der Waals surface area contributed by atoms with Crippen molar-refractivity contribution in [1.82, 2.24) is 4.90 Å². The fourth-order valence-corrected chi connectivity index (χ4v) is 12.7. The Hall–Kier alpha value is -6.18. The lowest BCUT2D eigenvalue weighted by Gasteiger charge is -2.43. The van der Waals surface area contributed by atoms with Gasteiger partial charge in [-0.3, -0.25) is 0 Å². The second-order valence-electron chi connectivity index (χ2n) is 19.0. The number of hydrogen-bond donors (Lipinski definition) is 0. The second kappa shape index (κ2) is 17.8. The maximum Gasteiger partial charge on any atom is 0.0631 e. The van der Waals surface area contributed by atoms with Crippen molar-refractivity contribution in [1.29, 1.82) is 0 Å². The van der Waals surface area contributed by atoms with Crippen LogP contribution in [0.5, 0.6) is 0 Å². The first kappa shape index (κ1) is 41.8. The highest BCUT2D eigenvalue weighted by Crippen LogP contribution is 2.60. The number of unbranched alkanes of at least 4 members (excludes halogenated alkanes) is 1. The van der Waals surface area contributed by atoms with Crippen LogP contribution < -0.4 is 0 Å². The minimum Gasteiger partial charge on any atom is -0.338 e. The Morgan fingerprint density at radius 2 is 1.58 bits per heavy atom. The molecular weight excluding hydrogens is 771 g/mol. The summed E-state index contributed by atoms with van der Waals surface area (Å²) in [5.41, 5.74) is 19.0. The van der Waals surface area contributed by atoms with Crippen LogP contribution in [0.2, 0.25) is 0 Å². The average molecular weight is 834 g/mol. The third-order valence-electron chi connectivity index (χ3n) is 15.7. The molecule has 1 nitrogen and oxygen atoms in total. The van der Waals surface area contributed by atoms with Crippen LogP contribution in [0.3, 0.4) is 0 Å². The van der Waals surface area contributed by atoms with E-state index in [4.69, 9.17) is 6.58 Å². The molecule has 4 unspecified atom stereocenters. The summed E-state index contributed by atoms with van der Waals surface area (Å²) in [6.07, 6.45) is 48.4. The summed E-state index contributed by atoms with van der Waals surface area (Å²) in [6.45, 7) is 17.6. The van der Waals surface area contributed by atoms with Crippen LogP contribution in [0.25, 0.3) is 11.1 Å². The summed E-state index contributed by atoms with van der Waals surface area (Å²) in [7, 11) is 0.